The van der Waals surface area contributed by atoms with Gasteiger partial charge in [-0.15, -0.1) is 5.10 Å². The monoisotopic (exact) mass is 263 g/mol. The molecule has 4 nitrogen and oxygen atoms in total. The van der Waals surface area contributed by atoms with Gasteiger partial charge in [-0.25, -0.2) is 4.98 Å². The molecule has 0 radical (unpaired) electrons. The number of hydrogen-bond acceptors (Lipinski definition) is 3. The highest BCUT2D eigenvalue weighted by atomic mass is 35.5. The lowest BCUT2D eigenvalue weighted by Gasteiger charge is -2.35. The molecule has 18 heavy (non-hydrogen) atoms. The molecule has 2 aromatic rings. The van der Waals surface area contributed by atoms with Crippen molar-refractivity contribution in [2.24, 2.45) is 0 Å². The topological polar surface area (TPSA) is 50.8 Å². The van der Waals surface area contributed by atoms with Gasteiger partial charge in [0, 0.05) is 13.2 Å². The van der Waals surface area contributed by atoms with Crippen LogP contribution in [0.4, 0.5) is 0 Å². The zero-order valence-electron chi connectivity index (χ0n) is 9.90. The molecular formula is C13H14ClN3O. The molecule has 0 atom stereocenters. The molecule has 0 bridgehead atoms. The minimum absolute atomic E-state index is 0.153. The Morgan fingerprint density at radius 1 is 1.17 bits per heavy atom. The molecule has 1 fully saturated rings. The van der Waals surface area contributed by atoms with Crippen LogP contribution in [0.25, 0.3) is 0 Å². The van der Waals surface area contributed by atoms with Crippen LogP contribution in [0.2, 0.25) is 5.28 Å². The number of ether oxygens (including phenoxy) is 1. The van der Waals surface area contributed by atoms with E-state index in [1.165, 1.54) is 5.56 Å². The van der Waals surface area contributed by atoms with E-state index in [1.54, 1.807) is 0 Å². The van der Waals surface area contributed by atoms with Gasteiger partial charge in [0.15, 0.2) is 0 Å². The molecule has 2 heterocycles. The number of hydrogen-bond donors (Lipinski definition) is 1. The molecule has 0 amide bonds. The Morgan fingerprint density at radius 2 is 1.89 bits per heavy atom. The van der Waals surface area contributed by atoms with Gasteiger partial charge in [0.05, 0.1) is 5.41 Å². The van der Waals surface area contributed by atoms with Crippen molar-refractivity contribution in [2.75, 3.05) is 13.2 Å². The molecule has 1 saturated heterocycles. The average molecular weight is 264 g/mol. The predicted octanol–water partition coefficient (Wildman–Crippen LogP) is 2.55. The number of halogens is 1. The van der Waals surface area contributed by atoms with E-state index in [0.29, 0.717) is 0 Å². The van der Waals surface area contributed by atoms with Gasteiger partial charge < -0.3 is 4.74 Å². The van der Waals surface area contributed by atoms with Crippen LogP contribution in [-0.4, -0.2) is 28.4 Å². The van der Waals surface area contributed by atoms with Gasteiger partial charge in [0.2, 0.25) is 5.28 Å². The molecule has 1 aliphatic rings. The maximum atomic E-state index is 5.84. The van der Waals surface area contributed by atoms with E-state index < -0.39 is 0 Å². The molecule has 1 aromatic carbocycles. The zero-order chi connectivity index (χ0) is 12.4. The molecule has 94 valence electrons. The third kappa shape index (κ3) is 1.91. The fourth-order valence-electron chi connectivity index (χ4n) is 2.59. The van der Waals surface area contributed by atoms with Crippen molar-refractivity contribution in [3.05, 3.63) is 47.0 Å². The van der Waals surface area contributed by atoms with Crippen LogP contribution >= 0.6 is 11.6 Å². The summed E-state index contributed by atoms with van der Waals surface area (Å²) in [5, 5.41) is 7.19. The van der Waals surface area contributed by atoms with Gasteiger partial charge in [-0.2, -0.15) is 0 Å². The third-order valence-corrected chi connectivity index (χ3v) is 3.75. The summed E-state index contributed by atoms with van der Waals surface area (Å²) < 4.78 is 5.48. The van der Waals surface area contributed by atoms with Crippen molar-refractivity contribution in [2.45, 2.75) is 18.3 Å². The lowest BCUT2D eigenvalue weighted by molar-refractivity contribution is 0.0606. The molecule has 1 aliphatic heterocycles. The van der Waals surface area contributed by atoms with E-state index in [2.05, 4.69) is 27.3 Å². The van der Waals surface area contributed by atoms with Gasteiger partial charge in [0.1, 0.15) is 5.82 Å². The number of nitrogens with zero attached hydrogens (tertiary/aromatic N) is 2. The quantitative estimate of drug-likeness (QED) is 0.906. The summed E-state index contributed by atoms with van der Waals surface area (Å²) >= 11 is 5.84. The highest BCUT2D eigenvalue weighted by Crippen LogP contribution is 2.39. The standard InChI is InChI=1S/C13H14ClN3O/c14-12-15-11(16-17-12)13(6-8-18-9-7-13)10-4-2-1-3-5-10/h1-5H,6-9H2,(H,15,16,17). The fourth-order valence-corrected chi connectivity index (χ4v) is 2.72. The maximum Gasteiger partial charge on any atom is 0.242 e. The molecule has 0 unspecified atom stereocenters. The number of rotatable bonds is 2. The van der Waals surface area contributed by atoms with Gasteiger partial charge in [-0.1, -0.05) is 30.3 Å². The van der Waals surface area contributed by atoms with Gasteiger partial charge in [-0.05, 0) is 30.0 Å². The Bertz CT molecular complexity index is 520. The van der Waals surface area contributed by atoms with E-state index in [4.69, 9.17) is 16.3 Å². The first-order valence-electron chi connectivity index (χ1n) is 6.03. The fraction of sp³-hybridized carbons (Fsp3) is 0.385. The molecule has 5 heteroatoms. The summed E-state index contributed by atoms with van der Waals surface area (Å²) in [6, 6.07) is 10.4. The van der Waals surface area contributed by atoms with Crippen LogP contribution in [0.15, 0.2) is 30.3 Å². The normalized spacial score (nSPS) is 18.7. The molecule has 1 aromatic heterocycles. The Hall–Kier alpha value is -1.39. The van der Waals surface area contributed by atoms with Gasteiger partial charge >= 0.3 is 0 Å². The Morgan fingerprint density at radius 3 is 2.50 bits per heavy atom. The second kappa shape index (κ2) is 4.71. The van der Waals surface area contributed by atoms with Gasteiger partial charge in [0.25, 0.3) is 0 Å². The predicted molar refractivity (Wildman–Crippen MR) is 68.7 cm³/mol. The SMILES string of the molecule is Clc1n[nH]c(C2(c3ccccc3)CCOCC2)n1. The Balaban J connectivity index is 2.09. The summed E-state index contributed by atoms with van der Waals surface area (Å²) in [7, 11) is 0. The summed E-state index contributed by atoms with van der Waals surface area (Å²) in [6.45, 7) is 1.46. The lowest BCUT2D eigenvalue weighted by Crippen LogP contribution is -2.36. The molecule has 0 saturated carbocycles. The van der Waals surface area contributed by atoms with Crippen LogP contribution < -0.4 is 0 Å². The first-order chi connectivity index (χ1) is 8.81. The third-order valence-electron chi connectivity index (χ3n) is 3.58. The molecule has 0 aliphatic carbocycles. The highest BCUT2D eigenvalue weighted by Gasteiger charge is 2.39. The average Bonchev–Trinajstić information content (AvgIpc) is 2.88. The molecular weight excluding hydrogens is 250 g/mol. The first kappa shape index (κ1) is 11.7. The van der Waals surface area contributed by atoms with Crippen LogP contribution in [-0.2, 0) is 10.2 Å². The smallest absolute Gasteiger partial charge is 0.242 e. The van der Waals surface area contributed by atoms with Crippen molar-refractivity contribution in [1.82, 2.24) is 15.2 Å². The minimum Gasteiger partial charge on any atom is -0.381 e. The van der Waals surface area contributed by atoms with E-state index in [9.17, 15) is 0 Å². The van der Waals surface area contributed by atoms with Crippen molar-refractivity contribution in [3.63, 3.8) is 0 Å². The van der Waals surface area contributed by atoms with E-state index in [1.807, 2.05) is 18.2 Å². The highest BCUT2D eigenvalue weighted by molar-refractivity contribution is 6.28. The van der Waals surface area contributed by atoms with Crippen LogP contribution in [0.5, 0.6) is 0 Å². The second-order valence-electron chi connectivity index (χ2n) is 4.51. The van der Waals surface area contributed by atoms with Crippen molar-refractivity contribution < 1.29 is 4.74 Å². The van der Waals surface area contributed by atoms with Crippen molar-refractivity contribution in [3.8, 4) is 0 Å². The van der Waals surface area contributed by atoms with Crippen LogP contribution in [0.3, 0.4) is 0 Å². The number of nitrogens with one attached hydrogen (secondary N) is 1. The molecule has 3 rings (SSSR count). The van der Waals surface area contributed by atoms with Crippen LogP contribution in [0, 0.1) is 0 Å². The minimum atomic E-state index is -0.153. The molecule has 1 N–H and O–H groups in total. The Kier molecular flexibility index (Phi) is 3.06. The summed E-state index contributed by atoms with van der Waals surface area (Å²) in [4.78, 5) is 4.33. The largest absolute Gasteiger partial charge is 0.381 e. The first-order valence-corrected chi connectivity index (χ1v) is 6.41. The van der Waals surface area contributed by atoms with Crippen LogP contribution in [0.1, 0.15) is 24.2 Å². The van der Waals surface area contributed by atoms with E-state index >= 15 is 0 Å². The molecule has 0 spiro atoms. The number of aromatic amines is 1. The van der Waals surface area contributed by atoms with Gasteiger partial charge in [-0.3, -0.25) is 5.10 Å². The lowest BCUT2D eigenvalue weighted by atomic mass is 9.73. The summed E-state index contributed by atoms with van der Waals surface area (Å²) in [5.41, 5.74) is 1.08. The Labute approximate surface area is 110 Å². The summed E-state index contributed by atoms with van der Waals surface area (Å²) in [5.74, 6) is 0.835. The zero-order valence-corrected chi connectivity index (χ0v) is 10.7. The number of H-pyrrole nitrogens is 1. The summed E-state index contributed by atoms with van der Waals surface area (Å²) in [6.07, 6.45) is 1.78. The van der Waals surface area contributed by atoms with Crippen molar-refractivity contribution >= 4 is 11.6 Å². The maximum absolute atomic E-state index is 5.84. The number of aromatic nitrogens is 3. The second-order valence-corrected chi connectivity index (χ2v) is 4.85. The van der Waals surface area contributed by atoms with Crippen molar-refractivity contribution in [1.29, 1.82) is 0 Å². The number of benzene rings is 1. The van der Waals surface area contributed by atoms with E-state index in [0.717, 1.165) is 31.9 Å². The van der Waals surface area contributed by atoms with E-state index in [-0.39, 0.29) is 10.7 Å².